The van der Waals surface area contributed by atoms with Gasteiger partial charge in [-0.3, -0.25) is 9.36 Å². The van der Waals surface area contributed by atoms with Gasteiger partial charge in [-0.2, -0.15) is 0 Å². The lowest BCUT2D eigenvalue weighted by Crippen LogP contribution is -2.28. The standard InChI is InChI=1S/C12H14IN3OS/c1-9-2-3-10(18-9)6-14-4-5-16-8-15-7-11(13)12(16)17/h2-3,7-8,14H,4-6H2,1H3. The van der Waals surface area contributed by atoms with Crippen LogP contribution in [-0.4, -0.2) is 16.1 Å². The molecule has 0 atom stereocenters. The lowest BCUT2D eigenvalue weighted by Gasteiger charge is -2.06. The van der Waals surface area contributed by atoms with Crippen molar-refractivity contribution in [3.05, 3.63) is 48.3 Å². The highest BCUT2D eigenvalue weighted by Gasteiger charge is 2.00. The van der Waals surface area contributed by atoms with Crippen LogP contribution in [0.5, 0.6) is 0 Å². The Morgan fingerprint density at radius 3 is 3.06 bits per heavy atom. The molecule has 18 heavy (non-hydrogen) atoms. The summed E-state index contributed by atoms with van der Waals surface area (Å²) in [5, 5.41) is 3.33. The molecule has 0 aliphatic carbocycles. The Morgan fingerprint density at radius 1 is 1.50 bits per heavy atom. The number of hydrogen-bond donors (Lipinski definition) is 1. The molecule has 2 aromatic heterocycles. The predicted molar refractivity (Wildman–Crippen MR) is 82.0 cm³/mol. The van der Waals surface area contributed by atoms with Crippen molar-refractivity contribution in [3.8, 4) is 0 Å². The second kappa shape index (κ2) is 6.44. The summed E-state index contributed by atoms with van der Waals surface area (Å²) in [6.07, 6.45) is 3.17. The molecule has 0 amide bonds. The van der Waals surface area contributed by atoms with Gasteiger partial charge in [0, 0.05) is 35.6 Å². The van der Waals surface area contributed by atoms with Gasteiger partial charge in [-0.25, -0.2) is 4.98 Å². The Bertz CT molecular complexity index is 579. The Balaban J connectivity index is 1.82. The first-order valence-corrected chi connectivity index (χ1v) is 7.52. The van der Waals surface area contributed by atoms with Gasteiger partial charge in [0.05, 0.1) is 9.90 Å². The number of rotatable bonds is 5. The maximum atomic E-state index is 11.7. The van der Waals surface area contributed by atoms with Crippen LogP contribution in [-0.2, 0) is 13.1 Å². The fraction of sp³-hybridized carbons (Fsp3) is 0.333. The molecule has 0 aromatic carbocycles. The first kappa shape index (κ1) is 13.7. The van der Waals surface area contributed by atoms with Crippen LogP contribution < -0.4 is 10.9 Å². The van der Waals surface area contributed by atoms with E-state index in [1.807, 2.05) is 22.6 Å². The van der Waals surface area contributed by atoms with Crippen molar-refractivity contribution in [2.75, 3.05) is 6.54 Å². The quantitative estimate of drug-likeness (QED) is 0.643. The van der Waals surface area contributed by atoms with Gasteiger partial charge in [0.15, 0.2) is 0 Å². The summed E-state index contributed by atoms with van der Waals surface area (Å²) < 4.78 is 2.29. The third-order valence-corrected chi connectivity index (χ3v) is 4.22. The van der Waals surface area contributed by atoms with E-state index in [9.17, 15) is 4.79 Å². The van der Waals surface area contributed by atoms with E-state index in [4.69, 9.17) is 0 Å². The van der Waals surface area contributed by atoms with Crippen LogP contribution in [0.4, 0.5) is 0 Å². The van der Waals surface area contributed by atoms with Crippen molar-refractivity contribution in [1.82, 2.24) is 14.9 Å². The van der Waals surface area contributed by atoms with Crippen molar-refractivity contribution < 1.29 is 0 Å². The highest BCUT2D eigenvalue weighted by Crippen LogP contribution is 2.14. The van der Waals surface area contributed by atoms with Gasteiger partial charge in [0.2, 0.25) is 0 Å². The lowest BCUT2D eigenvalue weighted by atomic mass is 10.4. The van der Waals surface area contributed by atoms with E-state index in [-0.39, 0.29) is 5.56 Å². The fourth-order valence-corrected chi connectivity index (χ4v) is 2.91. The van der Waals surface area contributed by atoms with E-state index in [1.54, 1.807) is 28.4 Å². The second-order valence-corrected chi connectivity index (χ2v) is 6.46. The first-order chi connectivity index (χ1) is 8.66. The molecule has 6 heteroatoms. The van der Waals surface area contributed by atoms with Gasteiger partial charge >= 0.3 is 0 Å². The van der Waals surface area contributed by atoms with Crippen molar-refractivity contribution in [3.63, 3.8) is 0 Å². The van der Waals surface area contributed by atoms with Gasteiger partial charge < -0.3 is 5.32 Å². The SMILES string of the molecule is Cc1ccc(CNCCn2cncc(I)c2=O)s1. The van der Waals surface area contributed by atoms with Gasteiger partial charge in [-0.1, -0.05) is 0 Å². The topological polar surface area (TPSA) is 46.9 Å². The lowest BCUT2D eigenvalue weighted by molar-refractivity contribution is 0.579. The largest absolute Gasteiger partial charge is 0.310 e. The van der Waals surface area contributed by atoms with E-state index >= 15 is 0 Å². The molecule has 2 aromatic rings. The van der Waals surface area contributed by atoms with Crippen LogP contribution in [0.25, 0.3) is 0 Å². The molecule has 2 rings (SSSR count). The van der Waals surface area contributed by atoms with E-state index in [0.29, 0.717) is 10.1 Å². The summed E-state index contributed by atoms with van der Waals surface area (Å²) in [5.74, 6) is 0. The number of hydrogen-bond acceptors (Lipinski definition) is 4. The summed E-state index contributed by atoms with van der Waals surface area (Å²) in [6, 6.07) is 4.25. The number of halogens is 1. The van der Waals surface area contributed by atoms with Gasteiger partial charge in [-0.05, 0) is 41.6 Å². The highest BCUT2D eigenvalue weighted by atomic mass is 127. The molecular weight excluding hydrogens is 361 g/mol. The maximum Gasteiger partial charge on any atom is 0.266 e. The average molecular weight is 375 g/mol. The molecule has 0 bridgehead atoms. The van der Waals surface area contributed by atoms with Gasteiger partial charge in [0.25, 0.3) is 5.56 Å². The number of thiophene rings is 1. The van der Waals surface area contributed by atoms with Crippen LogP contribution in [0.2, 0.25) is 0 Å². The summed E-state index contributed by atoms with van der Waals surface area (Å²) in [5.41, 5.74) is 0.0272. The molecule has 4 nitrogen and oxygen atoms in total. The maximum absolute atomic E-state index is 11.7. The minimum absolute atomic E-state index is 0.0272. The average Bonchev–Trinajstić information content (AvgIpc) is 2.76. The Hall–Kier alpha value is -0.730. The van der Waals surface area contributed by atoms with Crippen molar-refractivity contribution in [2.24, 2.45) is 0 Å². The van der Waals surface area contributed by atoms with E-state index in [2.05, 4.69) is 29.4 Å². The van der Waals surface area contributed by atoms with Crippen LogP contribution in [0, 0.1) is 10.5 Å². The van der Waals surface area contributed by atoms with Crippen LogP contribution in [0.15, 0.2) is 29.5 Å². The number of aromatic nitrogens is 2. The zero-order valence-electron chi connectivity index (χ0n) is 10.0. The molecular formula is C12H14IN3OS. The monoisotopic (exact) mass is 375 g/mol. The molecule has 0 aliphatic heterocycles. The normalized spacial score (nSPS) is 10.8. The highest BCUT2D eigenvalue weighted by molar-refractivity contribution is 14.1. The molecule has 0 unspecified atom stereocenters. The zero-order valence-corrected chi connectivity index (χ0v) is 13.0. The number of nitrogens with one attached hydrogen (secondary N) is 1. The van der Waals surface area contributed by atoms with Crippen molar-refractivity contribution in [1.29, 1.82) is 0 Å². The third-order valence-electron chi connectivity index (χ3n) is 2.48. The van der Waals surface area contributed by atoms with E-state index in [0.717, 1.165) is 13.1 Å². The summed E-state index contributed by atoms with van der Waals surface area (Å²) >= 11 is 3.80. The summed E-state index contributed by atoms with van der Waals surface area (Å²) in [4.78, 5) is 18.4. The molecule has 0 radical (unpaired) electrons. The van der Waals surface area contributed by atoms with Crippen LogP contribution >= 0.6 is 33.9 Å². The minimum Gasteiger partial charge on any atom is -0.310 e. The molecule has 0 aliphatic rings. The smallest absolute Gasteiger partial charge is 0.266 e. The first-order valence-electron chi connectivity index (χ1n) is 5.63. The molecule has 0 spiro atoms. The summed E-state index contributed by atoms with van der Waals surface area (Å²) in [6.45, 7) is 4.36. The van der Waals surface area contributed by atoms with Gasteiger partial charge in [-0.15, -0.1) is 11.3 Å². The second-order valence-electron chi connectivity index (χ2n) is 3.93. The van der Waals surface area contributed by atoms with Crippen molar-refractivity contribution in [2.45, 2.75) is 20.0 Å². The molecule has 0 fully saturated rings. The number of nitrogens with zero attached hydrogens (tertiary/aromatic N) is 2. The zero-order chi connectivity index (χ0) is 13.0. The van der Waals surface area contributed by atoms with E-state index in [1.165, 1.54) is 9.75 Å². The third kappa shape index (κ3) is 3.63. The van der Waals surface area contributed by atoms with Crippen LogP contribution in [0.3, 0.4) is 0 Å². The molecule has 96 valence electrons. The predicted octanol–water partition coefficient (Wildman–Crippen LogP) is 2.01. The molecule has 0 saturated heterocycles. The van der Waals surface area contributed by atoms with Crippen LogP contribution in [0.1, 0.15) is 9.75 Å². The number of aryl methyl sites for hydroxylation is 1. The summed E-state index contributed by atoms with van der Waals surface area (Å²) in [7, 11) is 0. The minimum atomic E-state index is 0.0272. The fourth-order valence-electron chi connectivity index (χ4n) is 1.57. The van der Waals surface area contributed by atoms with E-state index < -0.39 is 0 Å². The Kier molecular flexibility index (Phi) is 4.90. The molecule has 2 heterocycles. The Labute approximate surface area is 123 Å². The Morgan fingerprint density at radius 2 is 2.33 bits per heavy atom. The molecule has 0 saturated carbocycles. The van der Waals surface area contributed by atoms with Crippen molar-refractivity contribution >= 4 is 33.9 Å². The molecule has 1 N–H and O–H groups in total. The van der Waals surface area contributed by atoms with Gasteiger partial charge in [0.1, 0.15) is 0 Å².